The number of halogens is 4. The van der Waals surface area contributed by atoms with Gasteiger partial charge in [0.1, 0.15) is 0 Å². The Morgan fingerprint density at radius 3 is 2.05 bits per heavy atom. The van der Waals surface area contributed by atoms with E-state index in [0.717, 1.165) is 21.0 Å². The van der Waals surface area contributed by atoms with Gasteiger partial charge in [0.2, 0.25) is 0 Å². The molecule has 1 aromatic rings. The van der Waals surface area contributed by atoms with E-state index in [1.165, 1.54) is 25.3 Å². The molecule has 1 aromatic carbocycles. The van der Waals surface area contributed by atoms with E-state index in [0.29, 0.717) is 5.66 Å². The van der Waals surface area contributed by atoms with Crippen LogP contribution >= 0.6 is 54.6 Å². The van der Waals surface area contributed by atoms with Crippen molar-refractivity contribution in [2.24, 2.45) is 0 Å². The lowest BCUT2D eigenvalue weighted by Gasteiger charge is -2.23. The molecule has 6 heteroatoms. The van der Waals surface area contributed by atoms with Gasteiger partial charge in [-0.05, 0) is 24.6 Å². The zero-order chi connectivity index (χ0) is 14.0. The van der Waals surface area contributed by atoms with Crippen molar-refractivity contribution in [3.05, 3.63) is 31.7 Å². The highest BCUT2D eigenvalue weighted by atomic mass is 35.5. The molecule has 0 spiro atoms. The molecule has 0 bridgehead atoms. The Bertz CT molecular complexity index is 484. The Hall–Kier alpha value is 0.510. The molecule has 0 atom stereocenters. The van der Waals surface area contributed by atoms with Crippen LogP contribution < -0.4 is 5.11 Å². The second-order valence-electron chi connectivity index (χ2n) is 4.57. The number of hydrogen-bond donors (Lipinski definition) is 0. The molecule has 0 saturated heterocycles. The topological polar surface area (TPSA) is 23.1 Å². The fourth-order valence-corrected chi connectivity index (χ4v) is 4.62. The molecular weight excluding hydrogens is 345 g/mol. The van der Waals surface area contributed by atoms with Gasteiger partial charge in [-0.25, -0.2) is 0 Å². The maximum atomic E-state index is 12.4. The van der Waals surface area contributed by atoms with Crippen molar-refractivity contribution in [1.82, 2.24) is 0 Å². The summed E-state index contributed by atoms with van der Waals surface area (Å²) >= 11 is 24.1. The lowest BCUT2D eigenvalue weighted by molar-refractivity contribution is -0.207. The standard InChI is InChI=1S/C13H13Cl4OP/c14-8-6-9(15)12(17)10(11(8)16)13(18)19-7-4-2-1-3-5-7/h6-7,18H,1-5H2/p-1. The predicted molar refractivity (Wildman–Crippen MR) is 84.4 cm³/mol. The maximum absolute atomic E-state index is 12.4. The van der Waals surface area contributed by atoms with Gasteiger partial charge >= 0.3 is 0 Å². The molecular formula is C13H12Cl4OP-. The van der Waals surface area contributed by atoms with Crippen molar-refractivity contribution in [3.8, 4) is 0 Å². The van der Waals surface area contributed by atoms with Gasteiger partial charge in [-0.1, -0.05) is 65.7 Å². The maximum Gasteiger partial charge on any atom is 0.0673 e. The highest BCUT2D eigenvalue weighted by molar-refractivity contribution is 7.41. The molecule has 0 radical (unpaired) electrons. The molecule has 0 amide bonds. The molecule has 0 aliphatic heterocycles. The Labute approximate surface area is 134 Å². The first kappa shape index (κ1) is 15.9. The molecule has 1 aliphatic carbocycles. The molecule has 1 fully saturated rings. The van der Waals surface area contributed by atoms with Crippen molar-refractivity contribution in [1.29, 1.82) is 0 Å². The van der Waals surface area contributed by atoms with Gasteiger partial charge in [0.25, 0.3) is 0 Å². The molecule has 104 valence electrons. The summed E-state index contributed by atoms with van der Waals surface area (Å²) in [4.78, 5) is 0. The van der Waals surface area contributed by atoms with Crippen LogP contribution in [0.25, 0.3) is 0 Å². The molecule has 1 aliphatic rings. The lowest BCUT2D eigenvalue weighted by atomic mass is 10.0. The van der Waals surface area contributed by atoms with E-state index in [9.17, 15) is 5.11 Å². The summed E-state index contributed by atoms with van der Waals surface area (Å²) in [6, 6.07) is 1.46. The van der Waals surface area contributed by atoms with E-state index < -0.39 is 0 Å². The van der Waals surface area contributed by atoms with Crippen LogP contribution in [0.2, 0.25) is 20.1 Å². The first-order valence-corrected chi connectivity index (χ1v) is 8.56. The normalized spacial score (nSPS) is 17.8. The first-order chi connectivity index (χ1) is 9.00. The number of hydrogen-bond acceptors (Lipinski definition) is 1. The highest BCUT2D eigenvalue weighted by Crippen LogP contribution is 2.39. The van der Waals surface area contributed by atoms with E-state index in [-0.39, 0.29) is 31.1 Å². The Kier molecular flexibility index (Phi) is 5.84. The Balaban J connectivity index is 2.37. The third-order valence-electron chi connectivity index (χ3n) is 3.20. The van der Waals surface area contributed by atoms with Crippen LogP contribution in [0.5, 0.6) is 0 Å². The van der Waals surface area contributed by atoms with Crippen LogP contribution in [0, 0.1) is 0 Å². The smallest absolute Gasteiger partial charge is 0.0673 e. The van der Waals surface area contributed by atoms with Crippen LogP contribution in [0.3, 0.4) is 0 Å². The summed E-state index contributed by atoms with van der Waals surface area (Å²) < 4.78 is 0. The van der Waals surface area contributed by atoms with Crippen molar-refractivity contribution < 1.29 is 5.11 Å². The average Bonchev–Trinajstić information content (AvgIpc) is 2.38. The van der Waals surface area contributed by atoms with Gasteiger partial charge < -0.3 is 5.11 Å². The first-order valence-electron chi connectivity index (χ1n) is 6.09. The van der Waals surface area contributed by atoms with Crippen molar-refractivity contribution >= 4 is 60.1 Å². The number of benzene rings is 1. The highest BCUT2D eigenvalue weighted by Gasteiger charge is 2.15. The van der Waals surface area contributed by atoms with Gasteiger partial charge in [0, 0.05) is 5.56 Å². The van der Waals surface area contributed by atoms with E-state index in [4.69, 9.17) is 46.4 Å². The summed E-state index contributed by atoms with van der Waals surface area (Å²) in [6.07, 6.45) is 5.78. The second-order valence-corrected chi connectivity index (χ2v) is 7.53. The number of rotatable bonds is 2. The van der Waals surface area contributed by atoms with Crippen LogP contribution in [0.15, 0.2) is 6.07 Å². The zero-order valence-electron chi connectivity index (χ0n) is 10.1. The van der Waals surface area contributed by atoms with Gasteiger partial charge in [-0.3, -0.25) is 0 Å². The van der Waals surface area contributed by atoms with Gasteiger partial charge in [0.15, 0.2) is 0 Å². The summed E-state index contributed by atoms with van der Waals surface area (Å²) in [6.45, 7) is 0. The Morgan fingerprint density at radius 2 is 1.53 bits per heavy atom. The molecule has 0 N–H and O–H groups in total. The third kappa shape index (κ3) is 3.79. The minimum Gasteiger partial charge on any atom is -0.823 e. The summed E-state index contributed by atoms with van der Waals surface area (Å²) in [5.41, 5.74) is 0.561. The van der Waals surface area contributed by atoms with E-state index in [1.807, 2.05) is 0 Å². The fourth-order valence-electron chi connectivity index (χ4n) is 2.20. The van der Waals surface area contributed by atoms with Crippen LogP contribution in [0.1, 0.15) is 37.7 Å². The van der Waals surface area contributed by atoms with Crippen molar-refractivity contribution in [2.45, 2.75) is 37.8 Å². The zero-order valence-corrected chi connectivity index (χ0v) is 14.0. The molecule has 1 saturated carbocycles. The predicted octanol–water partition coefficient (Wildman–Crippen LogP) is 5.42. The molecule has 0 unspecified atom stereocenters. The molecule has 0 aromatic heterocycles. The largest absolute Gasteiger partial charge is 0.823 e. The summed E-state index contributed by atoms with van der Waals surface area (Å²) in [7, 11) is 0.744. The van der Waals surface area contributed by atoms with Crippen molar-refractivity contribution in [2.75, 3.05) is 0 Å². The molecule has 1 nitrogen and oxygen atoms in total. The van der Waals surface area contributed by atoms with Crippen LogP contribution in [-0.2, 0) is 0 Å². The summed E-state index contributed by atoms with van der Waals surface area (Å²) in [5, 5.41) is 13.3. The van der Waals surface area contributed by atoms with E-state index in [1.54, 1.807) is 0 Å². The minimum atomic E-state index is -0.0914. The van der Waals surface area contributed by atoms with Gasteiger partial charge in [-0.2, -0.15) is 0 Å². The van der Waals surface area contributed by atoms with Crippen LogP contribution in [0.4, 0.5) is 0 Å². The van der Waals surface area contributed by atoms with Crippen molar-refractivity contribution in [3.63, 3.8) is 0 Å². The van der Waals surface area contributed by atoms with E-state index >= 15 is 0 Å². The molecule has 2 rings (SSSR count). The Morgan fingerprint density at radius 1 is 1.00 bits per heavy atom. The molecule has 0 heterocycles. The molecule has 19 heavy (non-hydrogen) atoms. The minimum absolute atomic E-state index is 0.0914. The van der Waals surface area contributed by atoms with Gasteiger partial charge in [0.05, 0.1) is 20.1 Å². The average molecular weight is 357 g/mol. The van der Waals surface area contributed by atoms with E-state index in [2.05, 4.69) is 0 Å². The van der Waals surface area contributed by atoms with Crippen LogP contribution in [-0.4, -0.2) is 11.1 Å². The monoisotopic (exact) mass is 355 g/mol. The second kappa shape index (κ2) is 6.98. The third-order valence-corrected chi connectivity index (χ3v) is 6.11. The SMILES string of the molecule is [O-]C(=PC1CCCCC1)c1c(Cl)c(Cl)cc(Cl)c1Cl. The quantitative estimate of drug-likeness (QED) is 0.512. The fraction of sp³-hybridized carbons (Fsp3) is 0.462. The lowest BCUT2D eigenvalue weighted by Crippen LogP contribution is -2.20. The summed E-state index contributed by atoms with van der Waals surface area (Å²) in [5.74, 6) is 0. The van der Waals surface area contributed by atoms with Gasteiger partial charge in [-0.15, -0.1) is 13.7 Å².